The van der Waals surface area contributed by atoms with Crippen LogP contribution in [-0.2, 0) is 30.3 Å². The van der Waals surface area contributed by atoms with Crippen molar-refractivity contribution in [2.24, 2.45) is 5.41 Å². The van der Waals surface area contributed by atoms with Crippen molar-refractivity contribution in [3.63, 3.8) is 0 Å². The van der Waals surface area contributed by atoms with Crippen LogP contribution in [0.15, 0.2) is 36.9 Å². The van der Waals surface area contributed by atoms with Crippen molar-refractivity contribution in [3.8, 4) is 5.75 Å². The van der Waals surface area contributed by atoms with E-state index in [1.807, 2.05) is 40.2 Å². The Morgan fingerprint density at radius 1 is 1.19 bits per heavy atom. The number of aliphatic hydroxyl groups is 2. The molecule has 1 aromatic rings. The lowest BCUT2D eigenvalue weighted by Crippen LogP contribution is -2.40. The van der Waals surface area contributed by atoms with Gasteiger partial charge in [-0.25, -0.2) is 0 Å². The fourth-order valence-electron chi connectivity index (χ4n) is 3.25. The van der Waals surface area contributed by atoms with Gasteiger partial charge in [-0.05, 0) is 60.5 Å². The molecule has 0 bridgehead atoms. The maximum atomic E-state index is 12.2. The van der Waals surface area contributed by atoms with Crippen LogP contribution in [-0.4, -0.2) is 79.0 Å². The van der Waals surface area contributed by atoms with Crippen LogP contribution in [0.3, 0.4) is 0 Å². The minimum Gasteiger partial charge on any atom is -0.497 e. The molecule has 0 radical (unpaired) electrons. The summed E-state index contributed by atoms with van der Waals surface area (Å²) >= 11 is 2.03. The molecular weight excluding hydrogens is 546 g/mol. The number of benzene rings is 1. The Balaban J connectivity index is 0.000000960. The summed E-state index contributed by atoms with van der Waals surface area (Å²) in [5, 5.41) is 19.1. The summed E-state index contributed by atoms with van der Waals surface area (Å²) in [5.41, 5.74) is 0.306. The number of hydrogen-bond acceptors (Lipinski definition) is 8. The molecular formula is C25H37BrF2O8. The Hall–Kier alpha value is -1.63. The van der Waals surface area contributed by atoms with Gasteiger partial charge in [0.25, 0.3) is 0 Å². The van der Waals surface area contributed by atoms with E-state index in [1.165, 1.54) is 0 Å². The molecule has 36 heavy (non-hydrogen) atoms. The minimum atomic E-state index is -2.88. The van der Waals surface area contributed by atoms with Gasteiger partial charge in [0.1, 0.15) is 30.7 Å². The van der Waals surface area contributed by atoms with Crippen LogP contribution in [0.4, 0.5) is 8.78 Å². The second kappa shape index (κ2) is 14.9. The molecule has 0 amide bonds. The lowest BCUT2D eigenvalue weighted by molar-refractivity contribution is -0.159. The smallest absolute Gasteiger partial charge is 0.319 e. The van der Waals surface area contributed by atoms with Gasteiger partial charge in [0, 0.05) is 13.5 Å². The zero-order valence-electron chi connectivity index (χ0n) is 21.3. The van der Waals surface area contributed by atoms with E-state index < -0.39 is 40.8 Å². The highest BCUT2D eigenvalue weighted by Crippen LogP contribution is 2.31. The number of carbonyl (C=O) groups is 1. The molecule has 2 rings (SSSR count). The molecule has 206 valence electrons. The average Bonchev–Trinajstić information content (AvgIpc) is 3.16. The molecule has 1 heterocycles. The molecule has 5 atom stereocenters. The van der Waals surface area contributed by atoms with E-state index >= 15 is 0 Å². The summed E-state index contributed by atoms with van der Waals surface area (Å²) in [6.07, 6.45) is -2.30. The van der Waals surface area contributed by atoms with E-state index in [2.05, 4.69) is 6.58 Å². The van der Waals surface area contributed by atoms with E-state index in [0.29, 0.717) is 12.7 Å². The zero-order valence-corrected chi connectivity index (χ0v) is 22.9. The normalized spacial score (nSPS) is 22.8. The van der Waals surface area contributed by atoms with Crippen molar-refractivity contribution in [1.82, 2.24) is 0 Å². The Labute approximate surface area is 219 Å². The van der Waals surface area contributed by atoms with Crippen molar-refractivity contribution in [3.05, 3.63) is 42.5 Å². The fourth-order valence-corrected chi connectivity index (χ4v) is 3.25. The maximum absolute atomic E-state index is 12.2. The minimum absolute atomic E-state index is 0.00889. The molecule has 1 aliphatic heterocycles. The van der Waals surface area contributed by atoms with Gasteiger partial charge in [-0.1, -0.05) is 18.7 Å². The third-order valence-corrected chi connectivity index (χ3v) is 5.54. The van der Waals surface area contributed by atoms with Crippen LogP contribution in [0.25, 0.3) is 0 Å². The number of methoxy groups -OCH3 is 2. The number of esters is 1. The summed E-state index contributed by atoms with van der Waals surface area (Å²) in [6.45, 7) is 8.10. The first-order valence-corrected chi connectivity index (χ1v) is 12.1. The van der Waals surface area contributed by atoms with Gasteiger partial charge in [0.05, 0.1) is 37.9 Å². The lowest BCUT2D eigenvalue weighted by Gasteiger charge is -2.25. The highest BCUT2D eigenvalue weighted by molar-refractivity contribution is 9.10. The summed E-state index contributed by atoms with van der Waals surface area (Å²) in [4.78, 5) is 9.31. The topological polar surface area (TPSA) is 104 Å². The molecule has 1 fully saturated rings. The number of ether oxygens (including phenoxy) is 5. The SMILES string of the molecule is C=CC(F)(F)Br.COc1ccc(CO[C@H]2[C@H](COC(=O)C(C)(C)C)OC(CC(O)CO)[C@@H]2OC)cc1. The van der Waals surface area contributed by atoms with Crippen molar-refractivity contribution in [2.45, 2.75) is 69.2 Å². The first-order chi connectivity index (χ1) is 16.7. The van der Waals surface area contributed by atoms with Crippen molar-refractivity contribution < 1.29 is 47.5 Å². The monoisotopic (exact) mass is 582 g/mol. The molecule has 0 spiro atoms. The van der Waals surface area contributed by atoms with E-state index in [4.69, 9.17) is 23.7 Å². The summed E-state index contributed by atoms with van der Waals surface area (Å²) in [7, 11) is 3.15. The number of allylic oxidation sites excluding steroid dienone is 1. The summed E-state index contributed by atoms with van der Waals surface area (Å²) in [5.74, 6) is 0.413. The molecule has 2 N–H and O–H groups in total. The van der Waals surface area contributed by atoms with Crippen LogP contribution in [0.5, 0.6) is 5.75 Å². The van der Waals surface area contributed by atoms with Gasteiger partial charge in [0.15, 0.2) is 0 Å². The molecule has 11 heteroatoms. The van der Waals surface area contributed by atoms with E-state index in [1.54, 1.807) is 35.0 Å². The first-order valence-electron chi connectivity index (χ1n) is 11.3. The predicted octanol–water partition coefficient (Wildman–Crippen LogP) is 3.86. The molecule has 8 nitrogen and oxygen atoms in total. The molecule has 1 saturated heterocycles. The Bertz CT molecular complexity index is 795. The van der Waals surface area contributed by atoms with Crippen molar-refractivity contribution in [2.75, 3.05) is 27.4 Å². The van der Waals surface area contributed by atoms with Gasteiger partial charge < -0.3 is 33.9 Å². The Morgan fingerprint density at radius 2 is 1.78 bits per heavy atom. The number of rotatable bonds is 11. The molecule has 0 aromatic heterocycles. The maximum Gasteiger partial charge on any atom is 0.319 e. The number of alkyl halides is 3. The van der Waals surface area contributed by atoms with Crippen LogP contribution >= 0.6 is 15.9 Å². The molecule has 2 unspecified atom stereocenters. The third-order valence-electron chi connectivity index (χ3n) is 5.22. The van der Waals surface area contributed by atoms with Crippen molar-refractivity contribution in [1.29, 1.82) is 0 Å². The van der Waals surface area contributed by atoms with Crippen LogP contribution < -0.4 is 4.74 Å². The number of aliphatic hydroxyl groups excluding tert-OH is 2. The average molecular weight is 583 g/mol. The van der Waals surface area contributed by atoms with Gasteiger partial charge in [-0.2, -0.15) is 8.78 Å². The Morgan fingerprint density at radius 3 is 2.22 bits per heavy atom. The third kappa shape index (κ3) is 11.2. The lowest BCUT2D eigenvalue weighted by atomic mass is 9.97. The van der Waals surface area contributed by atoms with Crippen LogP contribution in [0.1, 0.15) is 32.8 Å². The highest BCUT2D eigenvalue weighted by atomic mass is 79.9. The standard InChI is InChI=1S/C22H34O8.C3H3BrF2/c1-22(2,3)21(25)29-13-18-20(19(27-5)17(30-18)10-15(24)11-23)28-12-14-6-8-16(26-4)9-7-14;1-2-3(4,5)6/h6-9,15,17-20,23-24H,10-13H2,1-5H3;2H,1H2/t15?,17?,18-,19-,20-;/m0./s1. The predicted molar refractivity (Wildman–Crippen MR) is 133 cm³/mol. The van der Waals surface area contributed by atoms with Gasteiger partial charge in [0.2, 0.25) is 0 Å². The molecule has 0 saturated carbocycles. The number of halogens is 3. The quantitative estimate of drug-likeness (QED) is 0.230. The molecule has 1 aromatic carbocycles. The van der Waals surface area contributed by atoms with Crippen LogP contribution in [0, 0.1) is 5.41 Å². The Kier molecular flexibility index (Phi) is 13.4. The fraction of sp³-hybridized carbons (Fsp3) is 0.640. The van der Waals surface area contributed by atoms with Gasteiger partial charge in [-0.3, -0.25) is 4.79 Å². The second-order valence-electron chi connectivity index (χ2n) is 9.20. The van der Waals surface area contributed by atoms with Crippen molar-refractivity contribution >= 4 is 21.9 Å². The zero-order chi connectivity index (χ0) is 27.5. The molecule has 1 aliphatic rings. The summed E-state index contributed by atoms with van der Waals surface area (Å²) in [6, 6.07) is 7.50. The summed E-state index contributed by atoms with van der Waals surface area (Å²) < 4.78 is 50.9. The highest BCUT2D eigenvalue weighted by Gasteiger charge is 2.47. The largest absolute Gasteiger partial charge is 0.497 e. The number of carbonyl (C=O) groups excluding carboxylic acids is 1. The van der Waals surface area contributed by atoms with Crippen LogP contribution in [0.2, 0.25) is 0 Å². The first kappa shape index (κ1) is 32.4. The van der Waals surface area contributed by atoms with Gasteiger partial charge in [-0.15, -0.1) is 0 Å². The van der Waals surface area contributed by atoms with E-state index in [9.17, 15) is 23.8 Å². The van der Waals surface area contributed by atoms with Gasteiger partial charge >= 0.3 is 10.8 Å². The number of hydrogen-bond donors (Lipinski definition) is 2. The molecule has 0 aliphatic carbocycles. The second-order valence-corrected chi connectivity index (χ2v) is 10.3. The van der Waals surface area contributed by atoms with E-state index in [0.717, 1.165) is 11.3 Å². The van der Waals surface area contributed by atoms with E-state index in [-0.39, 0.29) is 25.6 Å².